The molecule has 2 rings (SSSR count). The van der Waals surface area contributed by atoms with Crippen molar-refractivity contribution in [2.45, 2.75) is 39.0 Å². The van der Waals surface area contributed by atoms with E-state index < -0.39 is 0 Å². The number of rotatable bonds is 4. The van der Waals surface area contributed by atoms with Crippen molar-refractivity contribution in [2.24, 2.45) is 0 Å². The molecule has 0 aliphatic carbocycles. The van der Waals surface area contributed by atoms with Crippen molar-refractivity contribution in [1.29, 1.82) is 0 Å². The lowest BCUT2D eigenvalue weighted by atomic mass is 10.2. The number of morpholine rings is 1. The Labute approximate surface area is 118 Å². The van der Waals surface area contributed by atoms with Crippen LogP contribution < -0.4 is 9.64 Å². The number of nitrogens with zero attached hydrogens (tertiary/aromatic N) is 3. The molecule has 0 bridgehead atoms. The number of alkyl halides is 1. The Morgan fingerprint density at radius 3 is 3.00 bits per heavy atom. The molecule has 0 aromatic carbocycles. The van der Waals surface area contributed by atoms with Crippen molar-refractivity contribution in [3.05, 3.63) is 12.4 Å². The minimum Gasteiger partial charge on any atom is -0.474 e. The zero-order valence-electron chi connectivity index (χ0n) is 11.5. The number of hydrogen-bond acceptors (Lipinski definition) is 5. The highest BCUT2D eigenvalue weighted by Crippen LogP contribution is 2.21. The Hall–Kier alpha value is -1.07. The fourth-order valence-corrected chi connectivity index (χ4v) is 2.19. The molecule has 5 nitrogen and oxygen atoms in total. The fraction of sp³-hybridized carbons (Fsp3) is 0.692. The highest BCUT2D eigenvalue weighted by atomic mass is 35.5. The summed E-state index contributed by atoms with van der Waals surface area (Å²) in [4.78, 5) is 10.9. The summed E-state index contributed by atoms with van der Waals surface area (Å²) in [6.45, 7) is 7.41. The standard InChI is InChI=1S/C13H20ClN3O2/c1-9(2)19-13-6-15-5-12(16-13)17-7-11(4-14)18-8-10(17)3/h5-6,9-11H,4,7-8H2,1-3H3. The summed E-state index contributed by atoms with van der Waals surface area (Å²) in [6, 6.07) is 0.253. The Balaban J connectivity index is 2.15. The van der Waals surface area contributed by atoms with Crippen LogP contribution in [-0.2, 0) is 4.74 Å². The van der Waals surface area contributed by atoms with Gasteiger partial charge in [-0.05, 0) is 20.8 Å². The molecule has 1 aromatic heterocycles. The summed E-state index contributed by atoms with van der Waals surface area (Å²) in [5, 5.41) is 0. The third kappa shape index (κ3) is 3.70. The van der Waals surface area contributed by atoms with Crippen molar-refractivity contribution < 1.29 is 9.47 Å². The molecule has 1 aliphatic heterocycles. The van der Waals surface area contributed by atoms with Gasteiger partial charge >= 0.3 is 0 Å². The molecule has 2 unspecified atom stereocenters. The van der Waals surface area contributed by atoms with E-state index in [1.165, 1.54) is 0 Å². The summed E-state index contributed by atoms with van der Waals surface area (Å²) in [7, 11) is 0. The van der Waals surface area contributed by atoms with Gasteiger partial charge in [0.25, 0.3) is 0 Å². The van der Waals surface area contributed by atoms with Crippen LogP contribution in [0.15, 0.2) is 12.4 Å². The Morgan fingerprint density at radius 1 is 1.53 bits per heavy atom. The molecule has 19 heavy (non-hydrogen) atoms. The van der Waals surface area contributed by atoms with E-state index in [1.807, 2.05) is 13.8 Å². The molecule has 0 amide bonds. The summed E-state index contributed by atoms with van der Waals surface area (Å²) in [6.07, 6.45) is 3.50. The quantitative estimate of drug-likeness (QED) is 0.793. The lowest BCUT2D eigenvalue weighted by molar-refractivity contribution is 0.0360. The van der Waals surface area contributed by atoms with Crippen LogP contribution in [0.25, 0.3) is 0 Å². The Kier molecular flexibility index (Phi) is 4.82. The molecular weight excluding hydrogens is 266 g/mol. The van der Waals surface area contributed by atoms with E-state index >= 15 is 0 Å². The van der Waals surface area contributed by atoms with Gasteiger partial charge in [-0.3, -0.25) is 4.98 Å². The molecule has 106 valence electrons. The molecule has 1 saturated heterocycles. The first-order chi connectivity index (χ1) is 9.10. The minimum atomic E-state index is 0.0364. The third-order valence-electron chi connectivity index (χ3n) is 2.93. The second-order valence-corrected chi connectivity index (χ2v) is 5.30. The van der Waals surface area contributed by atoms with Crippen LogP contribution in [0, 0.1) is 0 Å². The van der Waals surface area contributed by atoms with Crippen molar-refractivity contribution in [1.82, 2.24) is 9.97 Å². The average Bonchev–Trinajstić information content (AvgIpc) is 2.39. The first-order valence-corrected chi connectivity index (χ1v) is 7.06. The van der Waals surface area contributed by atoms with Gasteiger partial charge in [-0.1, -0.05) is 0 Å². The summed E-state index contributed by atoms with van der Waals surface area (Å²) in [5.41, 5.74) is 0. The molecule has 1 aromatic rings. The van der Waals surface area contributed by atoms with E-state index in [2.05, 4.69) is 21.8 Å². The Bertz CT molecular complexity index is 417. The van der Waals surface area contributed by atoms with Crippen LogP contribution in [0.4, 0.5) is 5.82 Å². The maximum absolute atomic E-state index is 5.87. The molecule has 0 spiro atoms. The van der Waals surface area contributed by atoms with E-state index in [0.29, 0.717) is 18.4 Å². The SMILES string of the molecule is CC(C)Oc1cncc(N2CC(CCl)OCC2C)n1. The summed E-state index contributed by atoms with van der Waals surface area (Å²) < 4.78 is 11.2. The van der Waals surface area contributed by atoms with Crippen molar-refractivity contribution in [3.8, 4) is 5.88 Å². The van der Waals surface area contributed by atoms with Crippen molar-refractivity contribution in [3.63, 3.8) is 0 Å². The van der Waals surface area contributed by atoms with Crippen molar-refractivity contribution in [2.75, 3.05) is 23.9 Å². The zero-order chi connectivity index (χ0) is 13.8. The molecule has 2 heterocycles. The molecule has 0 N–H and O–H groups in total. The van der Waals surface area contributed by atoms with Gasteiger partial charge in [0.15, 0.2) is 5.82 Å². The lowest BCUT2D eigenvalue weighted by Gasteiger charge is -2.38. The second kappa shape index (κ2) is 6.39. The third-order valence-corrected chi connectivity index (χ3v) is 3.27. The molecular formula is C13H20ClN3O2. The maximum atomic E-state index is 5.87. The van der Waals surface area contributed by atoms with Gasteiger partial charge in [-0.15, -0.1) is 11.6 Å². The predicted molar refractivity (Wildman–Crippen MR) is 75.1 cm³/mol. The highest BCUT2D eigenvalue weighted by Gasteiger charge is 2.27. The fourth-order valence-electron chi connectivity index (χ4n) is 2.01. The molecule has 1 aliphatic rings. The van der Waals surface area contributed by atoms with Gasteiger partial charge in [0, 0.05) is 6.54 Å². The summed E-state index contributed by atoms with van der Waals surface area (Å²) in [5.74, 6) is 1.84. The average molecular weight is 286 g/mol. The van der Waals surface area contributed by atoms with Gasteiger partial charge < -0.3 is 14.4 Å². The molecule has 2 atom stereocenters. The van der Waals surface area contributed by atoms with Gasteiger partial charge in [0.1, 0.15) is 0 Å². The Morgan fingerprint density at radius 2 is 2.32 bits per heavy atom. The van der Waals surface area contributed by atoms with E-state index in [9.17, 15) is 0 Å². The number of aromatic nitrogens is 2. The minimum absolute atomic E-state index is 0.0364. The van der Waals surface area contributed by atoms with Crippen LogP contribution in [0.5, 0.6) is 5.88 Å². The van der Waals surface area contributed by atoms with Crippen LogP contribution in [0.1, 0.15) is 20.8 Å². The number of ether oxygens (including phenoxy) is 2. The second-order valence-electron chi connectivity index (χ2n) is 4.99. The first kappa shape index (κ1) is 14.3. The summed E-state index contributed by atoms with van der Waals surface area (Å²) >= 11 is 5.87. The number of hydrogen-bond donors (Lipinski definition) is 0. The molecule has 6 heteroatoms. The monoisotopic (exact) mass is 285 g/mol. The zero-order valence-corrected chi connectivity index (χ0v) is 12.3. The largest absolute Gasteiger partial charge is 0.474 e. The van der Waals surface area contributed by atoms with Gasteiger partial charge in [-0.2, -0.15) is 4.98 Å². The highest BCUT2D eigenvalue weighted by molar-refractivity contribution is 6.18. The predicted octanol–water partition coefficient (Wildman–Crippen LogP) is 2.10. The molecule has 1 fully saturated rings. The van der Waals surface area contributed by atoms with Crippen LogP contribution in [-0.4, -0.2) is 47.2 Å². The van der Waals surface area contributed by atoms with Crippen molar-refractivity contribution >= 4 is 17.4 Å². The number of halogens is 1. The van der Waals surface area contributed by atoms with Gasteiger partial charge in [-0.25, -0.2) is 0 Å². The normalized spacial score (nSPS) is 23.7. The van der Waals surface area contributed by atoms with Crippen LogP contribution in [0.2, 0.25) is 0 Å². The van der Waals surface area contributed by atoms with Gasteiger partial charge in [0.2, 0.25) is 5.88 Å². The smallest absolute Gasteiger partial charge is 0.234 e. The van der Waals surface area contributed by atoms with E-state index in [4.69, 9.17) is 21.1 Å². The van der Waals surface area contributed by atoms with E-state index in [-0.39, 0.29) is 18.2 Å². The van der Waals surface area contributed by atoms with E-state index in [0.717, 1.165) is 12.4 Å². The van der Waals surface area contributed by atoms with Crippen LogP contribution in [0.3, 0.4) is 0 Å². The van der Waals surface area contributed by atoms with Crippen LogP contribution >= 0.6 is 11.6 Å². The van der Waals surface area contributed by atoms with Gasteiger partial charge in [0.05, 0.1) is 43.1 Å². The maximum Gasteiger partial charge on any atom is 0.234 e. The topological polar surface area (TPSA) is 47.5 Å². The van der Waals surface area contributed by atoms with E-state index in [1.54, 1.807) is 12.4 Å². The lowest BCUT2D eigenvalue weighted by Crippen LogP contribution is -2.49. The molecule has 0 radical (unpaired) electrons. The first-order valence-electron chi connectivity index (χ1n) is 6.53. The number of anilines is 1. The molecule has 0 saturated carbocycles.